The SMILES string of the molecule is CCNCC(=O)OC1CC(C)CCC1C(C)C. The Morgan fingerprint density at radius 2 is 2.12 bits per heavy atom. The summed E-state index contributed by atoms with van der Waals surface area (Å²) in [6.45, 7) is 9.85. The van der Waals surface area contributed by atoms with Crippen molar-refractivity contribution in [3.8, 4) is 0 Å². The molecule has 3 heteroatoms. The first-order chi connectivity index (χ1) is 8.04. The van der Waals surface area contributed by atoms with Gasteiger partial charge in [-0.3, -0.25) is 4.79 Å². The minimum Gasteiger partial charge on any atom is -0.461 e. The molecule has 1 saturated carbocycles. The molecule has 1 aliphatic rings. The van der Waals surface area contributed by atoms with E-state index in [0.29, 0.717) is 24.3 Å². The summed E-state index contributed by atoms with van der Waals surface area (Å²) in [5.41, 5.74) is 0. The Labute approximate surface area is 105 Å². The van der Waals surface area contributed by atoms with E-state index in [-0.39, 0.29) is 12.1 Å². The molecule has 17 heavy (non-hydrogen) atoms. The van der Waals surface area contributed by atoms with Gasteiger partial charge >= 0.3 is 5.97 Å². The lowest BCUT2D eigenvalue weighted by Crippen LogP contribution is -2.38. The number of carbonyl (C=O) groups is 1. The fourth-order valence-electron chi connectivity index (χ4n) is 2.69. The van der Waals surface area contributed by atoms with Crippen LogP contribution in [0.3, 0.4) is 0 Å². The van der Waals surface area contributed by atoms with E-state index in [0.717, 1.165) is 13.0 Å². The number of esters is 1. The molecule has 0 amide bonds. The number of likely N-dealkylation sites (N-methyl/N-ethyl adjacent to an activating group) is 1. The van der Waals surface area contributed by atoms with Crippen LogP contribution in [0.15, 0.2) is 0 Å². The van der Waals surface area contributed by atoms with Gasteiger partial charge in [-0.2, -0.15) is 0 Å². The molecule has 1 aliphatic carbocycles. The fourth-order valence-corrected chi connectivity index (χ4v) is 2.69. The van der Waals surface area contributed by atoms with Crippen molar-refractivity contribution >= 4 is 5.97 Å². The van der Waals surface area contributed by atoms with Crippen molar-refractivity contribution < 1.29 is 9.53 Å². The normalized spacial score (nSPS) is 29.4. The van der Waals surface area contributed by atoms with E-state index >= 15 is 0 Å². The third-order valence-electron chi connectivity index (χ3n) is 3.76. The van der Waals surface area contributed by atoms with E-state index < -0.39 is 0 Å². The van der Waals surface area contributed by atoms with E-state index in [2.05, 4.69) is 26.1 Å². The van der Waals surface area contributed by atoms with Crippen molar-refractivity contribution in [2.75, 3.05) is 13.1 Å². The number of hydrogen-bond donors (Lipinski definition) is 1. The second kappa shape index (κ2) is 7.00. The highest BCUT2D eigenvalue weighted by Crippen LogP contribution is 2.35. The first kappa shape index (κ1) is 14.5. The number of nitrogens with one attached hydrogen (secondary N) is 1. The van der Waals surface area contributed by atoms with Gasteiger partial charge in [0.05, 0.1) is 6.54 Å². The zero-order chi connectivity index (χ0) is 12.8. The van der Waals surface area contributed by atoms with Crippen molar-refractivity contribution in [1.29, 1.82) is 0 Å². The first-order valence-electron chi connectivity index (χ1n) is 6.94. The van der Waals surface area contributed by atoms with Gasteiger partial charge < -0.3 is 10.1 Å². The summed E-state index contributed by atoms with van der Waals surface area (Å²) in [6, 6.07) is 0. The number of carbonyl (C=O) groups excluding carboxylic acids is 1. The highest BCUT2D eigenvalue weighted by molar-refractivity contribution is 5.71. The maximum Gasteiger partial charge on any atom is 0.320 e. The Hall–Kier alpha value is -0.570. The Morgan fingerprint density at radius 3 is 2.71 bits per heavy atom. The van der Waals surface area contributed by atoms with Crippen LogP contribution in [0.2, 0.25) is 0 Å². The van der Waals surface area contributed by atoms with Gasteiger partial charge in [0.1, 0.15) is 6.10 Å². The van der Waals surface area contributed by atoms with E-state index in [4.69, 9.17) is 4.74 Å². The van der Waals surface area contributed by atoms with Crippen LogP contribution < -0.4 is 5.32 Å². The van der Waals surface area contributed by atoms with Gasteiger partial charge in [-0.25, -0.2) is 0 Å². The van der Waals surface area contributed by atoms with E-state index in [1.807, 2.05) is 6.92 Å². The number of hydrogen-bond acceptors (Lipinski definition) is 3. The van der Waals surface area contributed by atoms with Crippen molar-refractivity contribution in [1.82, 2.24) is 5.32 Å². The van der Waals surface area contributed by atoms with Crippen LogP contribution in [-0.2, 0) is 9.53 Å². The average molecular weight is 241 g/mol. The van der Waals surface area contributed by atoms with Gasteiger partial charge in [0.2, 0.25) is 0 Å². The molecular weight excluding hydrogens is 214 g/mol. The van der Waals surface area contributed by atoms with Crippen LogP contribution >= 0.6 is 0 Å². The summed E-state index contributed by atoms with van der Waals surface area (Å²) in [5, 5.41) is 3.02. The molecule has 3 atom stereocenters. The highest BCUT2D eigenvalue weighted by atomic mass is 16.5. The molecule has 0 bridgehead atoms. The van der Waals surface area contributed by atoms with Crippen LogP contribution in [0.5, 0.6) is 0 Å². The molecule has 0 aliphatic heterocycles. The Balaban J connectivity index is 2.48. The second-order valence-corrected chi connectivity index (χ2v) is 5.63. The van der Waals surface area contributed by atoms with Crippen molar-refractivity contribution in [2.45, 2.75) is 53.1 Å². The molecule has 0 aromatic rings. The van der Waals surface area contributed by atoms with Crippen LogP contribution in [-0.4, -0.2) is 25.2 Å². The smallest absolute Gasteiger partial charge is 0.320 e. The van der Waals surface area contributed by atoms with Crippen LogP contribution in [0.4, 0.5) is 0 Å². The predicted octanol–water partition coefficient (Wildman–Crippen LogP) is 2.60. The third-order valence-corrected chi connectivity index (χ3v) is 3.76. The summed E-state index contributed by atoms with van der Waals surface area (Å²) in [7, 11) is 0. The highest BCUT2D eigenvalue weighted by Gasteiger charge is 2.33. The van der Waals surface area contributed by atoms with Crippen LogP contribution in [0, 0.1) is 17.8 Å². The van der Waals surface area contributed by atoms with Gasteiger partial charge in [0.15, 0.2) is 0 Å². The molecule has 0 aromatic heterocycles. The molecule has 3 unspecified atom stereocenters. The summed E-state index contributed by atoms with van der Waals surface area (Å²) >= 11 is 0. The van der Waals surface area contributed by atoms with Gasteiger partial charge in [0.25, 0.3) is 0 Å². The van der Waals surface area contributed by atoms with E-state index in [9.17, 15) is 4.79 Å². The number of rotatable bonds is 5. The molecule has 0 aromatic carbocycles. The molecule has 0 radical (unpaired) electrons. The van der Waals surface area contributed by atoms with E-state index in [1.54, 1.807) is 0 Å². The zero-order valence-corrected chi connectivity index (χ0v) is 11.7. The summed E-state index contributed by atoms with van der Waals surface area (Å²) < 4.78 is 5.64. The minimum atomic E-state index is -0.100. The zero-order valence-electron chi connectivity index (χ0n) is 11.7. The summed E-state index contributed by atoms with van der Waals surface area (Å²) in [5.74, 6) is 1.72. The topological polar surface area (TPSA) is 38.3 Å². The van der Waals surface area contributed by atoms with Crippen LogP contribution in [0.25, 0.3) is 0 Å². The van der Waals surface area contributed by atoms with E-state index in [1.165, 1.54) is 12.8 Å². The van der Waals surface area contributed by atoms with Crippen molar-refractivity contribution in [3.05, 3.63) is 0 Å². The van der Waals surface area contributed by atoms with Gasteiger partial charge in [0, 0.05) is 0 Å². The number of ether oxygens (including phenoxy) is 1. The molecule has 0 heterocycles. The lowest BCUT2D eigenvalue weighted by atomic mass is 9.75. The monoisotopic (exact) mass is 241 g/mol. The summed E-state index contributed by atoms with van der Waals surface area (Å²) in [4.78, 5) is 11.7. The van der Waals surface area contributed by atoms with Gasteiger partial charge in [-0.1, -0.05) is 34.1 Å². The molecular formula is C14H27NO2. The molecule has 100 valence electrons. The Bertz CT molecular complexity index is 240. The molecule has 1 fully saturated rings. The molecule has 0 spiro atoms. The average Bonchev–Trinajstić information content (AvgIpc) is 2.26. The summed E-state index contributed by atoms with van der Waals surface area (Å²) in [6.07, 6.45) is 3.62. The lowest BCUT2D eigenvalue weighted by Gasteiger charge is -2.36. The largest absolute Gasteiger partial charge is 0.461 e. The minimum absolute atomic E-state index is 0.100. The quantitative estimate of drug-likeness (QED) is 0.752. The maximum atomic E-state index is 11.7. The van der Waals surface area contributed by atoms with Gasteiger partial charge in [-0.15, -0.1) is 0 Å². The molecule has 3 nitrogen and oxygen atoms in total. The standard InChI is InChI=1S/C14H27NO2/c1-5-15-9-14(16)17-13-8-11(4)6-7-12(13)10(2)3/h10-13,15H,5-9H2,1-4H3. The lowest BCUT2D eigenvalue weighted by molar-refractivity contribution is -0.154. The molecule has 0 saturated heterocycles. The maximum absolute atomic E-state index is 11.7. The fraction of sp³-hybridized carbons (Fsp3) is 0.929. The Kier molecular flexibility index (Phi) is 5.96. The van der Waals surface area contributed by atoms with Gasteiger partial charge in [-0.05, 0) is 37.1 Å². The Morgan fingerprint density at radius 1 is 1.41 bits per heavy atom. The van der Waals surface area contributed by atoms with Crippen molar-refractivity contribution in [2.24, 2.45) is 17.8 Å². The second-order valence-electron chi connectivity index (χ2n) is 5.63. The van der Waals surface area contributed by atoms with Crippen LogP contribution in [0.1, 0.15) is 47.0 Å². The predicted molar refractivity (Wildman–Crippen MR) is 69.8 cm³/mol. The first-order valence-corrected chi connectivity index (χ1v) is 6.94. The molecule has 1 N–H and O–H groups in total. The third kappa shape index (κ3) is 4.66. The van der Waals surface area contributed by atoms with Crippen molar-refractivity contribution in [3.63, 3.8) is 0 Å². The molecule has 1 rings (SSSR count).